The predicted molar refractivity (Wildman–Crippen MR) is 44.7 cm³/mol. The Morgan fingerprint density at radius 1 is 1.55 bits per heavy atom. The van der Waals surface area contributed by atoms with Gasteiger partial charge >= 0.3 is 7.32 Å². The summed E-state index contributed by atoms with van der Waals surface area (Å²) in [6, 6.07) is 0. The van der Waals surface area contributed by atoms with E-state index in [1.54, 1.807) is 0 Å². The zero-order chi connectivity index (χ0) is 8.53. The molecule has 3 nitrogen and oxygen atoms in total. The zero-order valence-corrected chi connectivity index (χ0v) is 6.95. The van der Waals surface area contributed by atoms with E-state index in [0.717, 1.165) is 25.5 Å². The van der Waals surface area contributed by atoms with Crippen molar-refractivity contribution in [1.29, 1.82) is 0 Å². The van der Waals surface area contributed by atoms with Crippen LogP contribution in [0.3, 0.4) is 0 Å². The first kappa shape index (κ1) is 10.5. The van der Waals surface area contributed by atoms with Gasteiger partial charge in [-0.15, -0.1) is 0 Å². The lowest BCUT2D eigenvalue weighted by molar-refractivity contribution is 0.172. The molecule has 0 aliphatic carbocycles. The molecule has 0 radical (unpaired) electrons. The molecule has 0 atom stereocenters. The van der Waals surface area contributed by atoms with Crippen LogP contribution in [0, 0.1) is 0 Å². The fourth-order valence-corrected chi connectivity index (χ4v) is 0.658. The second-order valence-corrected chi connectivity index (χ2v) is 2.19. The summed E-state index contributed by atoms with van der Waals surface area (Å²) in [5, 5.41) is 8.83. The van der Waals surface area contributed by atoms with E-state index in [9.17, 15) is 0 Å². The van der Waals surface area contributed by atoms with Crippen LogP contribution in [0.2, 0.25) is 0 Å². The van der Waals surface area contributed by atoms with Gasteiger partial charge in [0.1, 0.15) is 0 Å². The van der Waals surface area contributed by atoms with Crippen molar-refractivity contribution in [3.8, 4) is 0 Å². The molecule has 1 N–H and O–H groups in total. The minimum atomic E-state index is -1.15. The summed E-state index contributed by atoms with van der Waals surface area (Å²) in [5.74, 6) is 0. The van der Waals surface area contributed by atoms with Crippen LogP contribution in [0.15, 0.2) is 12.8 Å². The average Bonchev–Trinajstić information content (AvgIpc) is 1.99. The smallest absolute Gasteiger partial charge is 0.519 e. The van der Waals surface area contributed by atoms with Crippen LogP contribution in [-0.4, -0.2) is 19.0 Å². The molecule has 0 spiro atoms. The quantitative estimate of drug-likeness (QED) is 0.345. The second kappa shape index (κ2) is 7.63. The predicted octanol–water partition coefficient (Wildman–Crippen LogP) is 1.33. The van der Waals surface area contributed by atoms with Crippen LogP contribution < -0.4 is 0 Å². The van der Waals surface area contributed by atoms with Crippen molar-refractivity contribution in [2.24, 2.45) is 0 Å². The maximum atomic E-state index is 8.83. The summed E-state index contributed by atoms with van der Waals surface area (Å²) in [5.41, 5.74) is 0. The summed E-state index contributed by atoms with van der Waals surface area (Å²) in [7, 11) is -1.15. The molecule has 0 heterocycles. The Kier molecular flexibility index (Phi) is 7.30. The van der Waals surface area contributed by atoms with E-state index in [1.165, 1.54) is 0 Å². The minimum Gasteiger partial charge on any atom is -0.519 e. The molecule has 0 aromatic heterocycles. The van der Waals surface area contributed by atoms with Crippen LogP contribution in [0.25, 0.3) is 0 Å². The van der Waals surface area contributed by atoms with E-state index in [-0.39, 0.29) is 0 Å². The summed E-state index contributed by atoms with van der Waals surface area (Å²) in [6.45, 7) is 5.92. The molecule has 4 heteroatoms. The van der Waals surface area contributed by atoms with Crippen LogP contribution in [-0.2, 0) is 9.31 Å². The molecular weight excluding hydrogens is 143 g/mol. The third kappa shape index (κ3) is 7.42. The fraction of sp³-hybridized carbons (Fsp3) is 0.714. The van der Waals surface area contributed by atoms with Gasteiger partial charge in [-0.05, 0) is 6.42 Å². The van der Waals surface area contributed by atoms with Gasteiger partial charge in [0.25, 0.3) is 0 Å². The number of hydrogen-bond acceptors (Lipinski definition) is 3. The summed E-state index contributed by atoms with van der Waals surface area (Å²) >= 11 is 0. The average molecular weight is 158 g/mol. The first-order valence-electron chi connectivity index (χ1n) is 3.87. The van der Waals surface area contributed by atoms with Crippen LogP contribution in [0.5, 0.6) is 0 Å². The molecule has 0 saturated heterocycles. The molecule has 64 valence electrons. The van der Waals surface area contributed by atoms with Gasteiger partial charge in [-0.25, -0.2) is 0 Å². The van der Waals surface area contributed by atoms with Gasteiger partial charge in [-0.2, -0.15) is 0 Å². The standard InChI is InChI=1S/C7H15BO3/c1-3-5-6-7-11-8(9)10-4-2/h4,9H,2-3,5-7H2,1H3. The Labute approximate surface area is 68.2 Å². The molecule has 0 saturated carbocycles. The van der Waals surface area contributed by atoms with Gasteiger partial charge in [0.05, 0.1) is 6.26 Å². The zero-order valence-electron chi connectivity index (χ0n) is 6.95. The van der Waals surface area contributed by atoms with Gasteiger partial charge in [-0.3, -0.25) is 0 Å². The second-order valence-electron chi connectivity index (χ2n) is 2.19. The first-order valence-corrected chi connectivity index (χ1v) is 3.87. The third-order valence-electron chi connectivity index (χ3n) is 1.22. The van der Waals surface area contributed by atoms with E-state index < -0.39 is 7.32 Å². The molecule has 0 aromatic rings. The first-order chi connectivity index (χ1) is 5.31. The molecule has 0 aromatic carbocycles. The van der Waals surface area contributed by atoms with E-state index in [2.05, 4.69) is 18.2 Å². The van der Waals surface area contributed by atoms with Crippen molar-refractivity contribution in [2.75, 3.05) is 6.61 Å². The van der Waals surface area contributed by atoms with E-state index in [1.807, 2.05) is 0 Å². The highest BCUT2D eigenvalue weighted by Crippen LogP contribution is 1.95. The molecule has 0 rings (SSSR count). The van der Waals surface area contributed by atoms with Gasteiger partial charge in [-0.1, -0.05) is 26.3 Å². The largest absolute Gasteiger partial charge is 0.709 e. The topological polar surface area (TPSA) is 38.7 Å². The Morgan fingerprint density at radius 3 is 2.82 bits per heavy atom. The van der Waals surface area contributed by atoms with E-state index >= 15 is 0 Å². The van der Waals surface area contributed by atoms with Gasteiger partial charge in [0, 0.05) is 6.61 Å². The van der Waals surface area contributed by atoms with Gasteiger partial charge < -0.3 is 14.3 Å². The van der Waals surface area contributed by atoms with E-state index in [4.69, 9.17) is 9.68 Å². The highest BCUT2D eigenvalue weighted by atomic mass is 16.7. The summed E-state index contributed by atoms with van der Waals surface area (Å²) < 4.78 is 9.37. The fourth-order valence-electron chi connectivity index (χ4n) is 0.658. The maximum Gasteiger partial charge on any atom is 0.709 e. The molecule has 0 fully saturated rings. The third-order valence-corrected chi connectivity index (χ3v) is 1.22. The Morgan fingerprint density at radius 2 is 2.27 bits per heavy atom. The Hall–Kier alpha value is -0.475. The van der Waals surface area contributed by atoms with Crippen molar-refractivity contribution < 1.29 is 14.3 Å². The van der Waals surface area contributed by atoms with E-state index in [0.29, 0.717) is 6.61 Å². The normalized spacial score (nSPS) is 9.27. The van der Waals surface area contributed by atoms with Crippen LogP contribution in [0.4, 0.5) is 0 Å². The molecule has 0 aliphatic rings. The van der Waals surface area contributed by atoms with Gasteiger partial charge in [0.2, 0.25) is 0 Å². The molecule has 0 bridgehead atoms. The Bertz CT molecular complexity index is 97.7. The Balaban J connectivity index is 3.03. The number of hydrogen-bond donors (Lipinski definition) is 1. The summed E-state index contributed by atoms with van der Waals surface area (Å²) in [4.78, 5) is 0. The SMILES string of the molecule is C=COB(O)OCCCCC. The van der Waals surface area contributed by atoms with Gasteiger partial charge in [0.15, 0.2) is 0 Å². The van der Waals surface area contributed by atoms with Crippen molar-refractivity contribution in [2.45, 2.75) is 26.2 Å². The number of unbranched alkanes of at least 4 members (excludes halogenated alkanes) is 2. The lowest BCUT2D eigenvalue weighted by Crippen LogP contribution is -2.20. The molecule has 0 aliphatic heterocycles. The summed E-state index contributed by atoms with van der Waals surface area (Å²) in [6.07, 6.45) is 4.36. The van der Waals surface area contributed by atoms with Crippen molar-refractivity contribution in [3.63, 3.8) is 0 Å². The lowest BCUT2D eigenvalue weighted by Gasteiger charge is -2.04. The monoisotopic (exact) mass is 158 g/mol. The molecule has 0 amide bonds. The van der Waals surface area contributed by atoms with Crippen LogP contribution >= 0.6 is 0 Å². The lowest BCUT2D eigenvalue weighted by atomic mass is 10.2. The molecule has 11 heavy (non-hydrogen) atoms. The van der Waals surface area contributed by atoms with Crippen molar-refractivity contribution in [1.82, 2.24) is 0 Å². The highest BCUT2D eigenvalue weighted by molar-refractivity contribution is 6.34. The molecule has 0 unspecified atom stereocenters. The molecular formula is C7H15BO3. The number of rotatable bonds is 7. The van der Waals surface area contributed by atoms with Crippen molar-refractivity contribution in [3.05, 3.63) is 12.8 Å². The van der Waals surface area contributed by atoms with Crippen LogP contribution in [0.1, 0.15) is 26.2 Å². The minimum absolute atomic E-state index is 0.531. The van der Waals surface area contributed by atoms with Crippen molar-refractivity contribution >= 4 is 7.32 Å². The highest BCUT2D eigenvalue weighted by Gasteiger charge is 2.14. The maximum absolute atomic E-state index is 8.83.